The predicted molar refractivity (Wildman–Crippen MR) is 46.4 cm³/mol. The van der Waals surface area contributed by atoms with Gasteiger partial charge in [0, 0.05) is 6.54 Å². The fourth-order valence-corrected chi connectivity index (χ4v) is 0.742. The summed E-state index contributed by atoms with van der Waals surface area (Å²) in [6.45, 7) is 9.11. The molecule has 0 unspecified atom stereocenters. The second kappa shape index (κ2) is 5.89. The van der Waals surface area contributed by atoms with Gasteiger partial charge in [0.2, 0.25) is 0 Å². The van der Waals surface area contributed by atoms with E-state index in [1.54, 1.807) is 6.20 Å². The Morgan fingerprint density at radius 3 is 2.45 bits per heavy atom. The summed E-state index contributed by atoms with van der Waals surface area (Å²) in [7, 11) is 0. The molecule has 0 bridgehead atoms. The van der Waals surface area contributed by atoms with Gasteiger partial charge in [0.15, 0.2) is 0 Å². The first-order valence-electron chi connectivity index (χ1n) is 4.19. The lowest BCUT2D eigenvalue weighted by Crippen LogP contribution is -2.00. The highest BCUT2D eigenvalue weighted by Gasteiger charge is 1.93. The van der Waals surface area contributed by atoms with Gasteiger partial charge in [0.1, 0.15) is 0 Å². The highest BCUT2D eigenvalue weighted by Crippen LogP contribution is 1.93. The van der Waals surface area contributed by atoms with E-state index in [-0.39, 0.29) is 0 Å². The Morgan fingerprint density at radius 2 is 2.09 bits per heavy atom. The molecule has 0 aliphatic rings. The number of hydrogen-bond acceptors (Lipinski definition) is 2. The van der Waals surface area contributed by atoms with Gasteiger partial charge < -0.3 is 0 Å². The lowest BCUT2D eigenvalue weighted by Gasteiger charge is -1.96. The van der Waals surface area contributed by atoms with Crippen LogP contribution in [0, 0.1) is 6.92 Å². The van der Waals surface area contributed by atoms with Gasteiger partial charge in [0.05, 0.1) is 11.9 Å². The van der Waals surface area contributed by atoms with Crippen LogP contribution >= 0.6 is 0 Å². The quantitative estimate of drug-likeness (QED) is 0.654. The summed E-state index contributed by atoms with van der Waals surface area (Å²) >= 11 is 0. The molecule has 1 heterocycles. The molecule has 0 aromatic carbocycles. The molecule has 0 saturated carbocycles. The van der Waals surface area contributed by atoms with E-state index in [1.165, 1.54) is 0 Å². The maximum Gasteiger partial charge on any atom is 0.0722 e. The fraction of sp³-hybridized carbons (Fsp3) is 0.750. The molecule has 0 N–H and O–H groups in total. The molecule has 64 valence electrons. The molecule has 0 fully saturated rings. The van der Waals surface area contributed by atoms with Crippen LogP contribution in [0.4, 0.5) is 0 Å². The van der Waals surface area contributed by atoms with E-state index in [1.807, 2.05) is 25.5 Å². The van der Waals surface area contributed by atoms with Crippen LogP contribution in [0.25, 0.3) is 0 Å². The zero-order valence-electron chi connectivity index (χ0n) is 7.83. The van der Waals surface area contributed by atoms with Crippen molar-refractivity contribution in [3.8, 4) is 0 Å². The smallest absolute Gasteiger partial charge is 0.0722 e. The topological polar surface area (TPSA) is 30.7 Å². The highest BCUT2D eigenvalue weighted by molar-refractivity contribution is 4.87. The van der Waals surface area contributed by atoms with Gasteiger partial charge in [-0.05, 0) is 13.3 Å². The first-order valence-corrected chi connectivity index (χ1v) is 4.19. The Kier molecular flexibility index (Phi) is 5.43. The largest absolute Gasteiger partial charge is 0.250 e. The van der Waals surface area contributed by atoms with Crippen LogP contribution in [0.2, 0.25) is 0 Å². The van der Waals surface area contributed by atoms with E-state index >= 15 is 0 Å². The molecule has 0 amide bonds. The molecule has 0 atom stereocenters. The van der Waals surface area contributed by atoms with Crippen molar-refractivity contribution in [1.29, 1.82) is 0 Å². The minimum atomic E-state index is 0.978. The second-order valence-corrected chi connectivity index (χ2v) is 2.10. The van der Waals surface area contributed by atoms with Crippen molar-refractivity contribution in [3.63, 3.8) is 0 Å². The third-order valence-electron chi connectivity index (χ3n) is 1.25. The molecule has 3 nitrogen and oxygen atoms in total. The van der Waals surface area contributed by atoms with Gasteiger partial charge in [-0.1, -0.05) is 26.0 Å². The first kappa shape index (κ1) is 10.1. The van der Waals surface area contributed by atoms with Crippen LogP contribution in [0.3, 0.4) is 0 Å². The van der Waals surface area contributed by atoms with Gasteiger partial charge in [0.25, 0.3) is 0 Å². The van der Waals surface area contributed by atoms with Crippen molar-refractivity contribution in [3.05, 3.63) is 11.9 Å². The third kappa shape index (κ3) is 3.16. The zero-order valence-corrected chi connectivity index (χ0v) is 7.83. The van der Waals surface area contributed by atoms with Crippen LogP contribution in [0.15, 0.2) is 6.20 Å². The predicted octanol–water partition coefficient (Wildman–Crippen LogP) is 2.02. The van der Waals surface area contributed by atoms with Crippen LogP contribution in [0.5, 0.6) is 0 Å². The lowest BCUT2D eigenvalue weighted by atomic mass is 10.4. The molecule has 0 saturated heterocycles. The van der Waals surface area contributed by atoms with Gasteiger partial charge in [-0.25, -0.2) is 4.68 Å². The number of hydrogen-bond donors (Lipinski definition) is 0. The summed E-state index contributed by atoms with van der Waals surface area (Å²) in [4.78, 5) is 0. The van der Waals surface area contributed by atoms with Gasteiger partial charge in [-0.3, -0.25) is 0 Å². The van der Waals surface area contributed by atoms with E-state index in [0.29, 0.717) is 0 Å². The van der Waals surface area contributed by atoms with E-state index in [9.17, 15) is 0 Å². The molecule has 1 aromatic rings. The molecule has 1 rings (SSSR count). The Hall–Kier alpha value is -0.860. The average Bonchev–Trinajstić information content (AvgIpc) is 2.42. The normalized spacial score (nSPS) is 8.73. The Labute approximate surface area is 68.4 Å². The van der Waals surface area contributed by atoms with Crippen molar-refractivity contribution in [1.82, 2.24) is 15.0 Å². The van der Waals surface area contributed by atoms with E-state index in [0.717, 1.165) is 18.7 Å². The SMILES string of the molecule is CC.CCCn1nncc1C. The van der Waals surface area contributed by atoms with Crippen LogP contribution < -0.4 is 0 Å². The monoisotopic (exact) mass is 155 g/mol. The molecule has 3 heteroatoms. The summed E-state index contributed by atoms with van der Waals surface area (Å²) in [5, 5.41) is 7.63. The lowest BCUT2D eigenvalue weighted by molar-refractivity contribution is 0.566. The molecular weight excluding hydrogens is 138 g/mol. The van der Waals surface area contributed by atoms with Crippen molar-refractivity contribution in [2.75, 3.05) is 0 Å². The summed E-state index contributed by atoms with van der Waals surface area (Å²) in [6, 6.07) is 0. The molecule has 0 radical (unpaired) electrons. The average molecular weight is 155 g/mol. The Morgan fingerprint density at radius 1 is 1.45 bits per heavy atom. The number of rotatable bonds is 2. The molecule has 1 aromatic heterocycles. The molecule has 11 heavy (non-hydrogen) atoms. The molecular formula is C8H17N3. The van der Waals surface area contributed by atoms with Crippen molar-refractivity contribution >= 4 is 0 Å². The molecule has 0 aliphatic carbocycles. The minimum Gasteiger partial charge on any atom is -0.250 e. The van der Waals surface area contributed by atoms with E-state index < -0.39 is 0 Å². The number of nitrogens with zero attached hydrogens (tertiary/aromatic N) is 3. The third-order valence-corrected chi connectivity index (χ3v) is 1.25. The molecule has 0 spiro atoms. The van der Waals surface area contributed by atoms with Gasteiger partial charge in [-0.2, -0.15) is 0 Å². The summed E-state index contributed by atoms with van der Waals surface area (Å²) in [5.41, 5.74) is 1.14. The van der Waals surface area contributed by atoms with E-state index in [4.69, 9.17) is 0 Å². The Bertz CT molecular complexity index is 181. The maximum atomic E-state index is 3.87. The van der Waals surface area contributed by atoms with Crippen LogP contribution in [-0.2, 0) is 6.54 Å². The summed E-state index contributed by atoms with van der Waals surface area (Å²) in [5.74, 6) is 0. The molecule has 0 aliphatic heterocycles. The fourth-order valence-electron chi connectivity index (χ4n) is 0.742. The summed E-state index contributed by atoms with van der Waals surface area (Å²) < 4.78 is 1.90. The second-order valence-electron chi connectivity index (χ2n) is 2.10. The maximum absolute atomic E-state index is 3.87. The van der Waals surface area contributed by atoms with Crippen molar-refractivity contribution < 1.29 is 0 Å². The number of aromatic nitrogens is 3. The van der Waals surface area contributed by atoms with Crippen molar-refractivity contribution in [2.45, 2.75) is 40.7 Å². The Balaban J connectivity index is 0.000000461. The van der Waals surface area contributed by atoms with Gasteiger partial charge >= 0.3 is 0 Å². The zero-order chi connectivity index (χ0) is 8.69. The van der Waals surface area contributed by atoms with Crippen LogP contribution in [0.1, 0.15) is 32.9 Å². The first-order chi connectivity index (χ1) is 5.34. The minimum absolute atomic E-state index is 0.978. The summed E-state index contributed by atoms with van der Waals surface area (Å²) in [6.07, 6.45) is 2.89. The standard InChI is InChI=1S/C6H11N3.C2H6/c1-3-4-9-6(2)5-7-8-9;1-2/h5H,3-4H2,1-2H3;1-2H3. The van der Waals surface area contributed by atoms with E-state index in [2.05, 4.69) is 17.2 Å². The number of aryl methyl sites for hydroxylation is 2. The van der Waals surface area contributed by atoms with Crippen LogP contribution in [-0.4, -0.2) is 15.0 Å². The highest BCUT2D eigenvalue weighted by atomic mass is 15.4. The van der Waals surface area contributed by atoms with Gasteiger partial charge in [-0.15, -0.1) is 5.10 Å². The van der Waals surface area contributed by atoms with Crippen molar-refractivity contribution in [2.24, 2.45) is 0 Å².